The highest BCUT2D eigenvalue weighted by atomic mass is 79.9. The quantitative estimate of drug-likeness (QED) is 0.508. The van der Waals surface area contributed by atoms with Crippen LogP contribution in [-0.4, -0.2) is 38.9 Å². The van der Waals surface area contributed by atoms with Crippen LogP contribution in [0.1, 0.15) is 19.8 Å². The van der Waals surface area contributed by atoms with Crippen molar-refractivity contribution in [3.63, 3.8) is 0 Å². The van der Waals surface area contributed by atoms with Crippen molar-refractivity contribution in [1.29, 1.82) is 0 Å². The molecule has 0 saturated carbocycles. The topological polar surface area (TPSA) is 114 Å². The summed E-state index contributed by atoms with van der Waals surface area (Å²) in [5.74, 6) is 1.46. The van der Waals surface area contributed by atoms with Gasteiger partial charge in [-0.15, -0.1) is 0 Å². The first kappa shape index (κ1) is 19.8. The van der Waals surface area contributed by atoms with Crippen molar-refractivity contribution < 1.29 is 19.0 Å². The van der Waals surface area contributed by atoms with Crippen LogP contribution in [0.25, 0.3) is 11.2 Å². The number of benzene rings is 1. The van der Waals surface area contributed by atoms with Crippen LogP contribution in [0.15, 0.2) is 33.0 Å². The van der Waals surface area contributed by atoms with Crippen molar-refractivity contribution in [2.45, 2.75) is 36.4 Å². The fourth-order valence-electron chi connectivity index (χ4n) is 2.90. The van der Waals surface area contributed by atoms with E-state index in [0.717, 1.165) is 9.37 Å². The smallest absolute Gasteiger partial charge is 0.305 e. The van der Waals surface area contributed by atoms with Crippen molar-refractivity contribution in [3.8, 4) is 11.5 Å². The van der Waals surface area contributed by atoms with E-state index in [4.69, 9.17) is 19.9 Å². The predicted octanol–water partition coefficient (Wildman–Crippen LogP) is 3.39. The molecule has 0 radical (unpaired) electrons. The van der Waals surface area contributed by atoms with Crippen LogP contribution in [0.2, 0.25) is 0 Å². The molecule has 0 bridgehead atoms. The van der Waals surface area contributed by atoms with Gasteiger partial charge >= 0.3 is 5.97 Å². The number of aromatic nitrogens is 4. The number of nitrogens with two attached hydrogens (primary N) is 1. The molecule has 11 heteroatoms. The number of halogens is 1. The summed E-state index contributed by atoms with van der Waals surface area (Å²) in [5.41, 5.74) is 7.15. The molecular formula is C18H18BrN5O4S. The van der Waals surface area contributed by atoms with Crippen molar-refractivity contribution in [2.75, 3.05) is 19.1 Å². The monoisotopic (exact) mass is 479 g/mol. The Hall–Kier alpha value is -2.53. The van der Waals surface area contributed by atoms with Crippen LogP contribution in [-0.2, 0) is 16.1 Å². The van der Waals surface area contributed by atoms with Crippen LogP contribution in [0.4, 0.5) is 5.82 Å². The molecule has 3 heterocycles. The highest BCUT2D eigenvalue weighted by Crippen LogP contribution is 2.43. The molecule has 0 saturated heterocycles. The Balaban J connectivity index is 1.65. The Bertz CT molecular complexity index is 1070. The van der Waals surface area contributed by atoms with Crippen LogP contribution < -0.4 is 15.2 Å². The van der Waals surface area contributed by atoms with Gasteiger partial charge in [0.05, 0.1) is 6.61 Å². The molecule has 152 valence electrons. The molecule has 1 aliphatic heterocycles. The Morgan fingerprint density at radius 1 is 1.34 bits per heavy atom. The van der Waals surface area contributed by atoms with Gasteiger partial charge in [0.1, 0.15) is 6.33 Å². The van der Waals surface area contributed by atoms with Crippen LogP contribution >= 0.6 is 27.7 Å². The second-order valence-electron chi connectivity index (χ2n) is 6.12. The fourth-order valence-corrected chi connectivity index (χ4v) is 4.41. The van der Waals surface area contributed by atoms with E-state index in [2.05, 4.69) is 30.9 Å². The molecule has 1 aromatic carbocycles. The maximum absolute atomic E-state index is 11.7. The molecule has 2 aromatic heterocycles. The minimum Gasteiger partial charge on any atom is -0.466 e. The van der Waals surface area contributed by atoms with Gasteiger partial charge in [0, 0.05) is 22.3 Å². The highest BCUT2D eigenvalue weighted by Gasteiger charge is 2.21. The predicted molar refractivity (Wildman–Crippen MR) is 110 cm³/mol. The number of hydrogen-bond acceptors (Lipinski definition) is 9. The fraction of sp³-hybridized carbons (Fsp3) is 0.333. The molecule has 3 aromatic rings. The summed E-state index contributed by atoms with van der Waals surface area (Å²) >= 11 is 5.01. The number of carbonyl (C=O) groups is 1. The first-order chi connectivity index (χ1) is 14.1. The summed E-state index contributed by atoms with van der Waals surface area (Å²) in [6.45, 7) is 2.90. The Labute approximate surface area is 179 Å². The molecule has 9 nitrogen and oxygen atoms in total. The number of anilines is 1. The van der Waals surface area contributed by atoms with Crippen LogP contribution in [0, 0.1) is 0 Å². The largest absolute Gasteiger partial charge is 0.466 e. The van der Waals surface area contributed by atoms with Gasteiger partial charge in [-0.25, -0.2) is 15.0 Å². The van der Waals surface area contributed by atoms with Gasteiger partial charge in [0.15, 0.2) is 33.6 Å². The van der Waals surface area contributed by atoms with Crippen molar-refractivity contribution in [3.05, 3.63) is 22.9 Å². The Morgan fingerprint density at radius 2 is 2.14 bits per heavy atom. The third-order valence-electron chi connectivity index (χ3n) is 4.22. The van der Waals surface area contributed by atoms with Crippen molar-refractivity contribution in [1.82, 2.24) is 19.5 Å². The van der Waals surface area contributed by atoms with E-state index in [0.29, 0.717) is 59.6 Å². The second-order valence-corrected chi connectivity index (χ2v) is 7.99. The third-order valence-corrected chi connectivity index (χ3v) is 6.19. The van der Waals surface area contributed by atoms with E-state index in [-0.39, 0.29) is 12.8 Å². The van der Waals surface area contributed by atoms with E-state index in [1.54, 1.807) is 6.92 Å². The standard InChI is InChI=1S/C18H18BrN5O4S/c1-2-26-14(25)4-3-5-24-17-15(16(20)21-8-22-17)23-18(24)29-13-7-12-11(6-10(13)19)27-9-28-12/h6-8H,2-5,9H2,1H3,(H2,20,21,22). The van der Waals surface area contributed by atoms with E-state index in [1.165, 1.54) is 18.1 Å². The number of fused-ring (bicyclic) bond motifs is 2. The van der Waals surface area contributed by atoms with E-state index >= 15 is 0 Å². The van der Waals surface area contributed by atoms with Gasteiger partial charge in [-0.2, -0.15) is 0 Å². The maximum Gasteiger partial charge on any atom is 0.305 e. The number of esters is 1. The van der Waals surface area contributed by atoms with Crippen molar-refractivity contribution in [2.24, 2.45) is 0 Å². The lowest BCUT2D eigenvalue weighted by molar-refractivity contribution is -0.143. The number of imidazole rings is 1. The molecule has 0 atom stereocenters. The minimum atomic E-state index is -0.223. The van der Waals surface area contributed by atoms with Gasteiger partial charge in [0.2, 0.25) is 6.79 Å². The third kappa shape index (κ3) is 4.10. The molecule has 0 spiro atoms. The number of aryl methyl sites for hydroxylation is 1. The molecule has 0 amide bonds. The number of ether oxygens (including phenoxy) is 3. The van der Waals surface area contributed by atoms with Gasteiger partial charge in [0.25, 0.3) is 0 Å². The zero-order valence-electron chi connectivity index (χ0n) is 15.6. The van der Waals surface area contributed by atoms with Gasteiger partial charge in [-0.3, -0.25) is 4.79 Å². The molecule has 1 aliphatic rings. The lowest BCUT2D eigenvalue weighted by Crippen LogP contribution is -2.07. The summed E-state index contributed by atoms with van der Waals surface area (Å²) in [6.07, 6.45) is 2.31. The number of hydrogen-bond donors (Lipinski definition) is 1. The Morgan fingerprint density at radius 3 is 2.93 bits per heavy atom. The van der Waals surface area contributed by atoms with E-state index < -0.39 is 0 Å². The van der Waals surface area contributed by atoms with Gasteiger partial charge < -0.3 is 24.5 Å². The summed E-state index contributed by atoms with van der Waals surface area (Å²) in [7, 11) is 0. The van der Waals surface area contributed by atoms with Gasteiger partial charge in [-0.1, -0.05) is 11.8 Å². The maximum atomic E-state index is 11.7. The molecule has 0 fully saturated rings. The summed E-state index contributed by atoms with van der Waals surface area (Å²) in [4.78, 5) is 25.6. The normalized spacial score (nSPS) is 12.5. The molecule has 0 unspecified atom stereocenters. The Kier molecular flexibility index (Phi) is 5.76. The SMILES string of the molecule is CCOC(=O)CCCn1c(Sc2cc3c(cc2Br)OCO3)nc2c(N)ncnc21. The summed E-state index contributed by atoms with van der Waals surface area (Å²) < 4.78 is 18.7. The summed E-state index contributed by atoms with van der Waals surface area (Å²) in [6, 6.07) is 3.76. The number of rotatable bonds is 7. The van der Waals surface area contributed by atoms with Crippen molar-refractivity contribution >= 4 is 50.6 Å². The lowest BCUT2D eigenvalue weighted by atomic mass is 10.3. The number of nitrogen functional groups attached to an aromatic ring is 1. The minimum absolute atomic E-state index is 0.203. The van der Waals surface area contributed by atoms with Crippen LogP contribution in [0.3, 0.4) is 0 Å². The summed E-state index contributed by atoms with van der Waals surface area (Å²) in [5, 5.41) is 0.690. The van der Waals surface area contributed by atoms with E-state index in [1.807, 2.05) is 16.7 Å². The molecule has 4 rings (SSSR count). The number of carbonyl (C=O) groups excluding carboxylic acids is 1. The first-order valence-corrected chi connectivity index (χ1v) is 10.6. The first-order valence-electron chi connectivity index (χ1n) is 8.96. The average Bonchev–Trinajstić information content (AvgIpc) is 3.28. The lowest BCUT2D eigenvalue weighted by Gasteiger charge is -2.10. The molecule has 29 heavy (non-hydrogen) atoms. The second kappa shape index (κ2) is 8.46. The molecule has 0 aliphatic carbocycles. The van der Waals surface area contributed by atoms with E-state index in [9.17, 15) is 4.79 Å². The zero-order chi connectivity index (χ0) is 20.4. The average molecular weight is 480 g/mol. The zero-order valence-corrected chi connectivity index (χ0v) is 18.0. The van der Waals surface area contributed by atoms with Gasteiger partial charge in [-0.05, 0) is 41.4 Å². The number of nitrogens with zero attached hydrogens (tertiary/aromatic N) is 4. The highest BCUT2D eigenvalue weighted by molar-refractivity contribution is 9.10. The molecular weight excluding hydrogens is 462 g/mol. The van der Waals surface area contributed by atoms with Crippen LogP contribution in [0.5, 0.6) is 11.5 Å². The molecule has 2 N–H and O–H groups in total.